The second-order valence-corrected chi connectivity index (χ2v) is 5.82. The van der Waals surface area contributed by atoms with E-state index in [1.807, 2.05) is 40.4 Å². The van der Waals surface area contributed by atoms with E-state index in [0.29, 0.717) is 24.0 Å². The number of aliphatic imine (C=N–C) groups is 1. The van der Waals surface area contributed by atoms with Crippen molar-refractivity contribution in [1.82, 2.24) is 14.7 Å². The Kier molecular flexibility index (Phi) is 4.85. The number of nitrogens with zero attached hydrogens (tertiary/aromatic N) is 3. The summed E-state index contributed by atoms with van der Waals surface area (Å²) in [6.07, 6.45) is 4.00. The number of rotatable bonds is 5. The molecule has 0 bridgehead atoms. The van der Waals surface area contributed by atoms with Crippen molar-refractivity contribution in [2.75, 3.05) is 26.6 Å². The summed E-state index contributed by atoms with van der Waals surface area (Å²) in [4.78, 5) is 9.75. The molecule has 1 aromatic carbocycles. The van der Waals surface area contributed by atoms with E-state index in [2.05, 4.69) is 20.6 Å². The van der Waals surface area contributed by atoms with Crippen molar-refractivity contribution in [3.05, 3.63) is 41.7 Å². The molecule has 2 N–H and O–H groups in total. The SMILES string of the molecule is CN=C(NCc1cn2ccsc2n1)Nc1ccc(OC)c(OC)c1. The molecule has 2 heterocycles. The zero-order chi connectivity index (χ0) is 16.9. The molecule has 0 aliphatic rings. The third-order valence-corrected chi connectivity index (χ3v) is 4.22. The lowest BCUT2D eigenvalue weighted by atomic mass is 10.3. The van der Waals surface area contributed by atoms with Gasteiger partial charge in [0.25, 0.3) is 0 Å². The first kappa shape index (κ1) is 16.1. The lowest BCUT2D eigenvalue weighted by Crippen LogP contribution is -2.30. The molecule has 0 spiro atoms. The molecule has 3 aromatic rings. The lowest BCUT2D eigenvalue weighted by Gasteiger charge is -2.13. The zero-order valence-corrected chi connectivity index (χ0v) is 14.6. The van der Waals surface area contributed by atoms with Crippen LogP contribution in [0.4, 0.5) is 5.69 Å². The van der Waals surface area contributed by atoms with E-state index in [9.17, 15) is 0 Å². The van der Waals surface area contributed by atoms with Crippen LogP contribution in [0.3, 0.4) is 0 Å². The van der Waals surface area contributed by atoms with Gasteiger partial charge in [-0.1, -0.05) is 0 Å². The fourth-order valence-corrected chi connectivity index (χ4v) is 2.98. The molecule has 3 rings (SSSR count). The molecule has 0 aliphatic heterocycles. The maximum Gasteiger partial charge on any atom is 0.195 e. The van der Waals surface area contributed by atoms with E-state index in [1.54, 1.807) is 32.6 Å². The van der Waals surface area contributed by atoms with Crippen LogP contribution in [0.5, 0.6) is 11.5 Å². The maximum atomic E-state index is 5.31. The van der Waals surface area contributed by atoms with Crippen LogP contribution in [-0.4, -0.2) is 36.6 Å². The predicted molar refractivity (Wildman–Crippen MR) is 96.4 cm³/mol. The molecule has 8 heteroatoms. The summed E-state index contributed by atoms with van der Waals surface area (Å²) in [7, 11) is 4.95. The third kappa shape index (κ3) is 3.43. The van der Waals surface area contributed by atoms with Crippen LogP contribution >= 0.6 is 11.3 Å². The van der Waals surface area contributed by atoms with E-state index < -0.39 is 0 Å². The van der Waals surface area contributed by atoms with Crippen LogP contribution in [0.25, 0.3) is 4.96 Å². The molecule has 2 aromatic heterocycles. The van der Waals surface area contributed by atoms with Crippen LogP contribution in [0.1, 0.15) is 5.69 Å². The molecule has 7 nitrogen and oxygen atoms in total. The van der Waals surface area contributed by atoms with Gasteiger partial charge in [-0.15, -0.1) is 11.3 Å². The first-order valence-electron chi connectivity index (χ1n) is 7.34. The number of methoxy groups -OCH3 is 2. The van der Waals surface area contributed by atoms with Crippen LogP contribution in [-0.2, 0) is 6.54 Å². The largest absolute Gasteiger partial charge is 0.493 e. The zero-order valence-electron chi connectivity index (χ0n) is 13.7. The molecular formula is C16H19N5O2S. The Balaban J connectivity index is 1.65. The first-order valence-corrected chi connectivity index (χ1v) is 8.22. The summed E-state index contributed by atoms with van der Waals surface area (Å²) in [5.41, 5.74) is 1.81. The summed E-state index contributed by atoms with van der Waals surface area (Å²) in [6.45, 7) is 0.585. The number of hydrogen-bond donors (Lipinski definition) is 2. The molecule has 0 saturated heterocycles. The summed E-state index contributed by atoms with van der Waals surface area (Å²) in [5.74, 6) is 2.00. The van der Waals surface area contributed by atoms with E-state index in [0.717, 1.165) is 16.3 Å². The van der Waals surface area contributed by atoms with Gasteiger partial charge in [0.15, 0.2) is 22.4 Å². The standard InChI is InChI=1S/C16H19N5O2S/c1-17-15(18-9-12-10-21-6-7-24-16(21)20-12)19-11-4-5-13(22-2)14(8-11)23-3/h4-8,10H,9H2,1-3H3,(H2,17,18,19). The Morgan fingerprint density at radius 3 is 2.83 bits per heavy atom. The second kappa shape index (κ2) is 7.22. The van der Waals surface area contributed by atoms with Gasteiger partial charge in [-0.25, -0.2) is 4.98 Å². The van der Waals surface area contributed by atoms with Crippen LogP contribution in [0, 0.1) is 0 Å². The number of hydrogen-bond acceptors (Lipinski definition) is 5. The molecule has 0 radical (unpaired) electrons. The highest BCUT2D eigenvalue weighted by Crippen LogP contribution is 2.29. The Bertz CT molecular complexity index is 827. The number of fused-ring (bicyclic) bond motifs is 1. The van der Waals surface area contributed by atoms with Crippen molar-refractivity contribution < 1.29 is 9.47 Å². The van der Waals surface area contributed by atoms with Gasteiger partial charge in [0, 0.05) is 36.6 Å². The minimum absolute atomic E-state index is 0.585. The Morgan fingerprint density at radius 1 is 1.29 bits per heavy atom. The van der Waals surface area contributed by atoms with Crippen molar-refractivity contribution in [2.45, 2.75) is 6.54 Å². The van der Waals surface area contributed by atoms with Crippen molar-refractivity contribution in [3.8, 4) is 11.5 Å². The van der Waals surface area contributed by atoms with Gasteiger partial charge in [0.1, 0.15) is 0 Å². The molecule has 0 unspecified atom stereocenters. The molecule has 0 aliphatic carbocycles. The van der Waals surface area contributed by atoms with Gasteiger partial charge in [-0.2, -0.15) is 0 Å². The van der Waals surface area contributed by atoms with E-state index in [1.165, 1.54) is 0 Å². The van der Waals surface area contributed by atoms with Crippen LogP contribution < -0.4 is 20.1 Å². The number of ether oxygens (including phenoxy) is 2. The third-order valence-electron chi connectivity index (χ3n) is 3.45. The molecule has 0 saturated carbocycles. The van der Waals surface area contributed by atoms with E-state index in [4.69, 9.17) is 9.47 Å². The minimum Gasteiger partial charge on any atom is -0.493 e. The summed E-state index contributed by atoms with van der Waals surface area (Å²) >= 11 is 1.61. The number of aromatic nitrogens is 2. The van der Waals surface area contributed by atoms with Crippen molar-refractivity contribution >= 4 is 27.9 Å². The van der Waals surface area contributed by atoms with Gasteiger partial charge in [-0.3, -0.25) is 9.39 Å². The number of imidazole rings is 1. The summed E-state index contributed by atoms with van der Waals surface area (Å²) in [6, 6.07) is 5.61. The number of guanidine groups is 1. The highest BCUT2D eigenvalue weighted by Gasteiger charge is 2.07. The van der Waals surface area contributed by atoms with Crippen molar-refractivity contribution in [1.29, 1.82) is 0 Å². The molecule has 0 atom stereocenters. The van der Waals surface area contributed by atoms with Crippen LogP contribution in [0.15, 0.2) is 41.0 Å². The first-order chi connectivity index (χ1) is 11.7. The fraction of sp³-hybridized carbons (Fsp3) is 0.250. The molecule has 126 valence electrons. The highest BCUT2D eigenvalue weighted by atomic mass is 32.1. The van der Waals surface area contributed by atoms with Crippen LogP contribution in [0.2, 0.25) is 0 Å². The smallest absolute Gasteiger partial charge is 0.195 e. The lowest BCUT2D eigenvalue weighted by molar-refractivity contribution is 0.355. The average molecular weight is 345 g/mol. The topological polar surface area (TPSA) is 72.2 Å². The van der Waals surface area contributed by atoms with Gasteiger partial charge in [0.05, 0.1) is 26.5 Å². The fourth-order valence-electron chi connectivity index (χ4n) is 2.27. The Labute approximate surface area is 144 Å². The van der Waals surface area contributed by atoms with E-state index in [-0.39, 0.29) is 0 Å². The van der Waals surface area contributed by atoms with Gasteiger partial charge < -0.3 is 20.1 Å². The molecular weight excluding hydrogens is 326 g/mol. The highest BCUT2D eigenvalue weighted by molar-refractivity contribution is 7.15. The average Bonchev–Trinajstić information content (AvgIpc) is 3.19. The summed E-state index contributed by atoms with van der Waals surface area (Å²) < 4.78 is 12.6. The number of thiazole rings is 1. The van der Waals surface area contributed by atoms with Gasteiger partial charge in [0.2, 0.25) is 0 Å². The molecule has 24 heavy (non-hydrogen) atoms. The minimum atomic E-state index is 0.585. The van der Waals surface area contributed by atoms with Crippen molar-refractivity contribution in [3.63, 3.8) is 0 Å². The second-order valence-electron chi connectivity index (χ2n) is 4.95. The van der Waals surface area contributed by atoms with E-state index >= 15 is 0 Å². The molecule has 0 fully saturated rings. The van der Waals surface area contributed by atoms with Gasteiger partial charge in [-0.05, 0) is 12.1 Å². The Morgan fingerprint density at radius 2 is 2.12 bits per heavy atom. The normalized spacial score (nSPS) is 11.5. The quantitative estimate of drug-likeness (QED) is 0.549. The maximum absolute atomic E-state index is 5.31. The monoisotopic (exact) mass is 345 g/mol. The predicted octanol–water partition coefficient (Wildman–Crippen LogP) is 2.60. The van der Waals surface area contributed by atoms with Crippen molar-refractivity contribution in [2.24, 2.45) is 4.99 Å². The number of anilines is 1. The Hall–Kier alpha value is -2.74. The number of nitrogens with one attached hydrogen (secondary N) is 2. The van der Waals surface area contributed by atoms with Gasteiger partial charge >= 0.3 is 0 Å². The summed E-state index contributed by atoms with van der Waals surface area (Å²) in [5, 5.41) is 8.48. The molecule has 0 amide bonds. The number of benzene rings is 1.